The van der Waals surface area contributed by atoms with Gasteiger partial charge in [0.25, 0.3) is 0 Å². The van der Waals surface area contributed by atoms with Crippen LogP contribution in [0.15, 0.2) is 30.3 Å². The summed E-state index contributed by atoms with van der Waals surface area (Å²) >= 11 is 1.87. The lowest BCUT2D eigenvalue weighted by molar-refractivity contribution is 0.701. The van der Waals surface area contributed by atoms with E-state index in [0.717, 1.165) is 26.1 Å². The minimum atomic E-state index is 0.936. The summed E-state index contributed by atoms with van der Waals surface area (Å²) in [7, 11) is 0. The average Bonchev–Trinajstić information content (AvgIpc) is 2.97. The smallest absolute Gasteiger partial charge is 0.0376 e. The van der Waals surface area contributed by atoms with Crippen LogP contribution in [0, 0.1) is 6.92 Å². The van der Waals surface area contributed by atoms with E-state index in [4.69, 9.17) is 0 Å². The molecule has 94 valence electrons. The number of benzene rings is 1. The predicted molar refractivity (Wildman–Crippen MR) is 78.2 cm³/mol. The average molecular weight is 258 g/mol. The van der Waals surface area contributed by atoms with Crippen LogP contribution < -0.4 is 10.6 Å². The van der Waals surface area contributed by atoms with Gasteiger partial charge >= 0.3 is 0 Å². The summed E-state index contributed by atoms with van der Waals surface area (Å²) in [5, 5.41) is 6.93. The molecule has 18 heavy (non-hydrogen) atoms. The van der Waals surface area contributed by atoms with E-state index in [1.54, 1.807) is 0 Å². The first-order valence-corrected chi connectivity index (χ1v) is 7.24. The SMILES string of the molecule is Cc1ccc(CNCc2ccc3c(c2)NCC3)s1. The van der Waals surface area contributed by atoms with E-state index >= 15 is 0 Å². The first-order valence-electron chi connectivity index (χ1n) is 6.43. The van der Waals surface area contributed by atoms with Crippen LogP contribution in [-0.4, -0.2) is 6.54 Å². The number of anilines is 1. The highest BCUT2D eigenvalue weighted by atomic mass is 32.1. The Balaban J connectivity index is 1.57. The van der Waals surface area contributed by atoms with Crippen LogP contribution in [0.5, 0.6) is 0 Å². The van der Waals surface area contributed by atoms with Gasteiger partial charge in [0.15, 0.2) is 0 Å². The van der Waals surface area contributed by atoms with Crippen molar-refractivity contribution in [1.29, 1.82) is 0 Å². The molecule has 0 aliphatic carbocycles. The van der Waals surface area contributed by atoms with Crippen molar-refractivity contribution in [3.8, 4) is 0 Å². The molecule has 1 aromatic carbocycles. The third-order valence-corrected chi connectivity index (χ3v) is 4.31. The highest BCUT2D eigenvalue weighted by molar-refractivity contribution is 7.11. The number of nitrogens with one attached hydrogen (secondary N) is 2. The van der Waals surface area contributed by atoms with Crippen molar-refractivity contribution in [3.05, 3.63) is 51.2 Å². The fraction of sp³-hybridized carbons (Fsp3) is 0.333. The summed E-state index contributed by atoms with van der Waals surface area (Å²) in [6, 6.07) is 11.1. The molecule has 0 unspecified atom stereocenters. The van der Waals surface area contributed by atoms with Crippen LogP contribution in [0.2, 0.25) is 0 Å². The van der Waals surface area contributed by atoms with Crippen LogP contribution >= 0.6 is 11.3 Å². The Labute approximate surface area is 112 Å². The molecule has 0 spiro atoms. The molecule has 0 bridgehead atoms. The van der Waals surface area contributed by atoms with Crippen LogP contribution in [0.3, 0.4) is 0 Å². The third kappa shape index (κ3) is 2.57. The minimum absolute atomic E-state index is 0.936. The second-order valence-corrected chi connectivity index (χ2v) is 6.16. The normalized spacial score (nSPS) is 13.4. The van der Waals surface area contributed by atoms with Gasteiger partial charge in [-0.15, -0.1) is 11.3 Å². The van der Waals surface area contributed by atoms with E-state index in [2.05, 4.69) is 47.9 Å². The van der Waals surface area contributed by atoms with Gasteiger partial charge in [-0.2, -0.15) is 0 Å². The summed E-state index contributed by atoms with van der Waals surface area (Å²) in [5.41, 5.74) is 4.13. The van der Waals surface area contributed by atoms with Crippen molar-refractivity contribution in [3.63, 3.8) is 0 Å². The van der Waals surface area contributed by atoms with E-state index in [0.29, 0.717) is 0 Å². The lowest BCUT2D eigenvalue weighted by Crippen LogP contribution is -2.11. The van der Waals surface area contributed by atoms with Crippen LogP contribution in [0.25, 0.3) is 0 Å². The topological polar surface area (TPSA) is 24.1 Å². The molecule has 0 amide bonds. The molecule has 0 atom stereocenters. The van der Waals surface area contributed by atoms with Crippen molar-refractivity contribution < 1.29 is 0 Å². The predicted octanol–water partition coefficient (Wildman–Crippen LogP) is 3.31. The van der Waals surface area contributed by atoms with E-state index in [-0.39, 0.29) is 0 Å². The molecule has 0 saturated carbocycles. The second-order valence-electron chi connectivity index (χ2n) is 4.78. The molecule has 2 heterocycles. The Morgan fingerprint density at radius 1 is 1.22 bits per heavy atom. The first kappa shape index (κ1) is 11.8. The largest absolute Gasteiger partial charge is 0.384 e. The van der Waals surface area contributed by atoms with Gasteiger partial charge in [-0.25, -0.2) is 0 Å². The highest BCUT2D eigenvalue weighted by Gasteiger charge is 2.09. The van der Waals surface area contributed by atoms with Gasteiger partial charge in [0, 0.05) is 35.1 Å². The zero-order valence-electron chi connectivity index (χ0n) is 10.6. The molecule has 0 saturated heterocycles. The quantitative estimate of drug-likeness (QED) is 0.879. The monoisotopic (exact) mass is 258 g/mol. The van der Waals surface area contributed by atoms with Crippen molar-refractivity contribution in [2.24, 2.45) is 0 Å². The second kappa shape index (κ2) is 5.12. The van der Waals surface area contributed by atoms with Crippen LogP contribution in [-0.2, 0) is 19.5 Å². The van der Waals surface area contributed by atoms with E-state index < -0.39 is 0 Å². The zero-order valence-corrected chi connectivity index (χ0v) is 11.4. The molecule has 2 N–H and O–H groups in total. The van der Waals surface area contributed by atoms with Crippen molar-refractivity contribution in [2.75, 3.05) is 11.9 Å². The molecule has 0 radical (unpaired) electrons. The third-order valence-electron chi connectivity index (χ3n) is 3.31. The molecule has 0 fully saturated rings. The Kier molecular flexibility index (Phi) is 3.35. The molecule has 2 aromatic rings. The van der Waals surface area contributed by atoms with Gasteiger partial charge in [-0.3, -0.25) is 0 Å². The van der Waals surface area contributed by atoms with Crippen LogP contribution in [0.1, 0.15) is 20.9 Å². The van der Waals surface area contributed by atoms with E-state index in [9.17, 15) is 0 Å². The molecule has 3 rings (SSSR count). The summed E-state index contributed by atoms with van der Waals surface area (Å²) in [6.07, 6.45) is 1.16. The summed E-state index contributed by atoms with van der Waals surface area (Å²) < 4.78 is 0. The maximum Gasteiger partial charge on any atom is 0.0376 e. The number of aryl methyl sites for hydroxylation is 1. The fourth-order valence-corrected chi connectivity index (χ4v) is 3.22. The van der Waals surface area contributed by atoms with E-state index in [1.165, 1.54) is 26.6 Å². The molecular weight excluding hydrogens is 240 g/mol. The van der Waals surface area contributed by atoms with Gasteiger partial charge in [0.1, 0.15) is 0 Å². The Morgan fingerprint density at radius 2 is 2.17 bits per heavy atom. The number of rotatable bonds is 4. The Morgan fingerprint density at radius 3 is 3.00 bits per heavy atom. The van der Waals surface area contributed by atoms with Crippen molar-refractivity contribution in [1.82, 2.24) is 5.32 Å². The van der Waals surface area contributed by atoms with Gasteiger partial charge in [-0.05, 0) is 42.7 Å². The van der Waals surface area contributed by atoms with Gasteiger partial charge in [-0.1, -0.05) is 12.1 Å². The van der Waals surface area contributed by atoms with Crippen LogP contribution in [0.4, 0.5) is 5.69 Å². The summed E-state index contributed by atoms with van der Waals surface area (Å²) in [6.45, 7) is 5.13. The maximum atomic E-state index is 3.51. The fourth-order valence-electron chi connectivity index (χ4n) is 2.36. The molecule has 3 heteroatoms. The number of fused-ring (bicyclic) bond motifs is 1. The lowest BCUT2D eigenvalue weighted by Gasteiger charge is -2.06. The van der Waals surface area contributed by atoms with Gasteiger partial charge < -0.3 is 10.6 Å². The van der Waals surface area contributed by atoms with Crippen molar-refractivity contribution >= 4 is 17.0 Å². The van der Waals surface area contributed by atoms with E-state index in [1.807, 2.05) is 11.3 Å². The zero-order chi connectivity index (χ0) is 12.4. The molecular formula is C15H18N2S. The molecule has 2 nitrogen and oxygen atoms in total. The Hall–Kier alpha value is -1.32. The van der Waals surface area contributed by atoms with Gasteiger partial charge in [0.05, 0.1) is 0 Å². The molecule has 1 aliphatic rings. The standard InChI is InChI=1S/C15H18N2S/c1-11-2-5-14(18-11)10-16-9-12-3-4-13-6-7-17-15(13)8-12/h2-5,8,16-17H,6-7,9-10H2,1H3. The molecule has 1 aliphatic heterocycles. The number of hydrogen-bond donors (Lipinski definition) is 2. The number of hydrogen-bond acceptors (Lipinski definition) is 3. The van der Waals surface area contributed by atoms with Gasteiger partial charge in [0.2, 0.25) is 0 Å². The highest BCUT2D eigenvalue weighted by Crippen LogP contribution is 2.23. The van der Waals surface area contributed by atoms with Crippen molar-refractivity contribution in [2.45, 2.75) is 26.4 Å². The minimum Gasteiger partial charge on any atom is -0.384 e. The first-order chi connectivity index (χ1) is 8.81. The summed E-state index contributed by atoms with van der Waals surface area (Å²) in [4.78, 5) is 2.79. The Bertz CT molecular complexity index is 545. The summed E-state index contributed by atoms with van der Waals surface area (Å²) in [5.74, 6) is 0. The lowest BCUT2D eigenvalue weighted by atomic mass is 10.1. The maximum absolute atomic E-state index is 3.51. The number of thiophene rings is 1. The molecule has 1 aromatic heterocycles.